The normalized spacial score (nSPS) is 11.9. The van der Waals surface area contributed by atoms with E-state index in [2.05, 4.69) is 25.3 Å². The van der Waals surface area contributed by atoms with Gasteiger partial charge in [0, 0.05) is 15.4 Å². The minimum Gasteiger partial charge on any atom is -0.166 e. The van der Waals surface area contributed by atoms with Crippen LogP contribution in [0, 0.1) is 0 Å². The topological polar surface area (TPSA) is 0 Å². The van der Waals surface area contributed by atoms with Gasteiger partial charge in [-0.05, 0) is 11.6 Å². The van der Waals surface area contributed by atoms with Gasteiger partial charge in [-0.3, -0.25) is 0 Å². The van der Waals surface area contributed by atoms with Gasteiger partial charge in [0.25, 0.3) is 0 Å². The first-order valence-corrected chi connectivity index (χ1v) is 8.40. The van der Waals surface area contributed by atoms with E-state index in [1.54, 1.807) is 0 Å². The maximum Gasteiger partial charge on any atom is 0.418 e. The molecule has 2 rings (SSSR count). The third-order valence-electron chi connectivity index (χ3n) is 2.92. The summed E-state index contributed by atoms with van der Waals surface area (Å²) in [5.74, 6) is 0. The van der Waals surface area contributed by atoms with E-state index in [9.17, 15) is 13.2 Å². The number of halogens is 8. The minimum absolute atomic E-state index is 0.00826. The molecule has 0 nitrogen and oxygen atoms in total. The molecule has 0 aliphatic rings. The fourth-order valence-corrected chi connectivity index (χ4v) is 4.08. The zero-order chi connectivity index (χ0) is 17.7. The predicted molar refractivity (Wildman–Crippen MR) is 96.4 cm³/mol. The van der Waals surface area contributed by atoms with Gasteiger partial charge >= 0.3 is 6.18 Å². The lowest BCUT2D eigenvalue weighted by Gasteiger charge is -2.18. The van der Waals surface area contributed by atoms with Crippen LogP contribution in [0.2, 0.25) is 25.1 Å². The number of benzene rings is 2. The van der Waals surface area contributed by atoms with Crippen LogP contribution in [-0.2, 0) is 6.18 Å². The smallest absolute Gasteiger partial charge is 0.166 e. The van der Waals surface area contributed by atoms with Crippen molar-refractivity contribution in [1.82, 2.24) is 0 Å². The number of hydrogen-bond acceptors (Lipinski definition) is 2. The number of rotatable bonds is 1. The zero-order valence-electron chi connectivity index (χ0n) is 10.6. The summed E-state index contributed by atoms with van der Waals surface area (Å²) in [5.41, 5.74) is -0.999. The second-order valence-electron chi connectivity index (χ2n) is 4.30. The molecule has 0 aliphatic heterocycles. The van der Waals surface area contributed by atoms with Crippen molar-refractivity contribution in [2.24, 2.45) is 0 Å². The molecule has 0 saturated carbocycles. The van der Waals surface area contributed by atoms with E-state index in [1.165, 1.54) is 6.07 Å². The Morgan fingerprint density at radius 1 is 0.739 bits per heavy atom. The molecule has 0 bridgehead atoms. The van der Waals surface area contributed by atoms with Crippen molar-refractivity contribution in [2.75, 3.05) is 0 Å². The predicted octanol–water partition coefficient (Wildman–Crippen LogP) is 8.22. The van der Waals surface area contributed by atoms with Crippen molar-refractivity contribution in [2.45, 2.75) is 16.0 Å². The SMILES string of the molecule is FC(F)(F)c1c(S)ccc(-c2c(Cl)c(Cl)c(Cl)c(Cl)c2Cl)c1S. The molecular weight excluding hydrogens is 455 g/mol. The molecular formula is C13H4Cl5F3S2. The van der Waals surface area contributed by atoms with Crippen molar-refractivity contribution in [3.8, 4) is 11.1 Å². The third kappa shape index (κ3) is 3.52. The van der Waals surface area contributed by atoms with Crippen molar-refractivity contribution < 1.29 is 13.2 Å². The van der Waals surface area contributed by atoms with E-state index < -0.39 is 16.6 Å². The van der Waals surface area contributed by atoms with Gasteiger partial charge in [-0.25, -0.2) is 0 Å². The summed E-state index contributed by atoms with van der Waals surface area (Å²) < 4.78 is 39.6. The molecule has 10 heteroatoms. The van der Waals surface area contributed by atoms with Crippen molar-refractivity contribution in [3.63, 3.8) is 0 Å². The quantitative estimate of drug-likeness (QED) is 0.240. The van der Waals surface area contributed by atoms with Crippen LogP contribution in [0.1, 0.15) is 5.56 Å². The Balaban J connectivity index is 2.90. The average Bonchev–Trinajstić information content (AvgIpc) is 2.44. The van der Waals surface area contributed by atoms with E-state index in [1.807, 2.05) is 0 Å². The average molecular weight is 459 g/mol. The van der Waals surface area contributed by atoms with Gasteiger partial charge in [0.15, 0.2) is 0 Å². The second-order valence-corrected chi connectivity index (χ2v) is 7.12. The van der Waals surface area contributed by atoms with Crippen LogP contribution in [0.3, 0.4) is 0 Å². The minimum atomic E-state index is -4.66. The van der Waals surface area contributed by atoms with E-state index >= 15 is 0 Å². The Bertz CT molecular complexity index is 776. The Morgan fingerprint density at radius 2 is 1.17 bits per heavy atom. The number of alkyl halides is 3. The summed E-state index contributed by atoms with van der Waals surface area (Å²) in [5, 5.41) is -0.569. The number of hydrogen-bond donors (Lipinski definition) is 2. The summed E-state index contributed by atoms with van der Waals surface area (Å²) in [7, 11) is 0. The van der Waals surface area contributed by atoms with Gasteiger partial charge < -0.3 is 0 Å². The van der Waals surface area contributed by atoms with Crippen LogP contribution in [0.25, 0.3) is 11.1 Å². The summed E-state index contributed by atoms with van der Waals surface area (Å²) in [4.78, 5) is -0.687. The van der Waals surface area contributed by atoms with Crippen molar-refractivity contribution in [3.05, 3.63) is 42.8 Å². The fourth-order valence-electron chi connectivity index (χ4n) is 1.90. The summed E-state index contributed by atoms with van der Waals surface area (Å²) in [6.45, 7) is 0. The van der Waals surface area contributed by atoms with Crippen LogP contribution < -0.4 is 0 Å². The molecule has 0 unspecified atom stereocenters. The van der Waals surface area contributed by atoms with Crippen LogP contribution in [0.15, 0.2) is 21.9 Å². The first-order valence-electron chi connectivity index (χ1n) is 5.62. The van der Waals surface area contributed by atoms with Gasteiger partial charge in [0.2, 0.25) is 0 Å². The first-order chi connectivity index (χ1) is 10.5. The standard InChI is InChI=1S/C13H4Cl5F3S2/c14-7-5(8(15)10(17)11(18)9(7)16)3-1-2-4(22)6(12(3)23)13(19,20)21/h1-2,22-23H. The highest BCUT2D eigenvalue weighted by Gasteiger charge is 2.36. The van der Waals surface area contributed by atoms with Crippen molar-refractivity contribution in [1.29, 1.82) is 0 Å². The highest BCUT2D eigenvalue weighted by atomic mass is 35.5. The van der Waals surface area contributed by atoms with E-state index in [0.29, 0.717) is 0 Å². The molecule has 0 radical (unpaired) electrons. The number of thiol groups is 2. The highest BCUT2D eigenvalue weighted by molar-refractivity contribution is 7.81. The Kier molecular flexibility index (Phi) is 5.95. The van der Waals surface area contributed by atoms with Crippen LogP contribution >= 0.6 is 83.3 Å². The van der Waals surface area contributed by atoms with Gasteiger partial charge in [-0.1, -0.05) is 64.1 Å². The molecule has 0 aliphatic carbocycles. The molecule has 0 spiro atoms. The molecule has 2 aromatic carbocycles. The largest absolute Gasteiger partial charge is 0.418 e. The zero-order valence-corrected chi connectivity index (χ0v) is 16.1. The van der Waals surface area contributed by atoms with E-state index in [4.69, 9.17) is 58.0 Å². The van der Waals surface area contributed by atoms with Gasteiger partial charge in [0.1, 0.15) is 0 Å². The summed E-state index contributed by atoms with van der Waals surface area (Å²) in [6, 6.07) is 2.50. The van der Waals surface area contributed by atoms with Gasteiger partial charge in [-0.15, -0.1) is 25.3 Å². The van der Waals surface area contributed by atoms with Crippen LogP contribution in [0.4, 0.5) is 13.2 Å². The molecule has 0 amide bonds. The van der Waals surface area contributed by atoms with Gasteiger partial charge in [0.05, 0.1) is 30.7 Å². The van der Waals surface area contributed by atoms with E-state index in [0.717, 1.165) is 6.07 Å². The Labute approximate surface area is 165 Å². The molecule has 0 saturated heterocycles. The lowest BCUT2D eigenvalue weighted by molar-refractivity contribution is -0.141. The monoisotopic (exact) mass is 456 g/mol. The second kappa shape index (κ2) is 6.94. The molecule has 0 fully saturated rings. The van der Waals surface area contributed by atoms with Gasteiger partial charge in [-0.2, -0.15) is 13.2 Å². The molecule has 2 aromatic rings. The highest BCUT2D eigenvalue weighted by Crippen LogP contribution is 2.51. The third-order valence-corrected chi connectivity index (χ3v) is 6.03. The van der Waals surface area contributed by atoms with Crippen molar-refractivity contribution >= 4 is 83.3 Å². The Hall–Kier alpha value is 0.380. The molecule has 23 heavy (non-hydrogen) atoms. The molecule has 0 heterocycles. The molecule has 0 aromatic heterocycles. The molecule has 0 atom stereocenters. The maximum atomic E-state index is 13.2. The summed E-state index contributed by atoms with van der Waals surface area (Å²) >= 11 is 37.8. The first kappa shape index (κ1) is 19.7. The lowest BCUT2D eigenvalue weighted by atomic mass is 10.0. The fraction of sp³-hybridized carbons (Fsp3) is 0.0769. The lowest BCUT2D eigenvalue weighted by Crippen LogP contribution is -2.08. The maximum absolute atomic E-state index is 13.2. The Morgan fingerprint density at radius 3 is 1.61 bits per heavy atom. The van der Waals surface area contributed by atoms with Crippen LogP contribution in [0.5, 0.6) is 0 Å². The molecule has 124 valence electrons. The van der Waals surface area contributed by atoms with Crippen LogP contribution in [-0.4, -0.2) is 0 Å². The van der Waals surface area contributed by atoms with E-state index in [-0.39, 0.29) is 41.1 Å². The molecule has 0 N–H and O–H groups in total. The summed E-state index contributed by atoms with van der Waals surface area (Å²) in [6.07, 6.45) is -4.66.